The van der Waals surface area contributed by atoms with E-state index in [-0.39, 0.29) is 30.1 Å². The molecule has 1 saturated carbocycles. The highest BCUT2D eigenvalue weighted by Crippen LogP contribution is 2.34. The molecule has 4 rings (SSSR count). The average Bonchev–Trinajstić information content (AvgIpc) is 3.64. The van der Waals surface area contributed by atoms with Gasteiger partial charge in [-0.15, -0.1) is 0 Å². The number of benzene rings is 1. The molecular weight excluding hydrogens is 450 g/mol. The molecule has 3 atom stereocenters. The first kappa shape index (κ1) is 24.7. The maximum absolute atomic E-state index is 13.6. The number of hydrogen-bond donors (Lipinski definition) is 1. The lowest BCUT2D eigenvalue weighted by Crippen LogP contribution is -2.49. The van der Waals surface area contributed by atoms with Crippen molar-refractivity contribution in [3.8, 4) is 17.6 Å². The number of pyridine rings is 1. The van der Waals surface area contributed by atoms with E-state index in [9.17, 15) is 13.5 Å². The Bertz CT molecular complexity index is 1160. The second kappa shape index (κ2) is 10.4. The van der Waals surface area contributed by atoms with Crippen molar-refractivity contribution in [3.63, 3.8) is 0 Å². The summed E-state index contributed by atoms with van der Waals surface area (Å²) in [4.78, 5) is 6.66. The van der Waals surface area contributed by atoms with E-state index in [2.05, 4.69) is 21.7 Å². The van der Waals surface area contributed by atoms with Crippen LogP contribution in [0.15, 0.2) is 47.5 Å². The third-order valence-corrected chi connectivity index (χ3v) is 8.33. The molecule has 8 heteroatoms. The largest absolute Gasteiger partial charge is 0.487 e. The van der Waals surface area contributed by atoms with Gasteiger partial charge in [-0.25, -0.2) is 8.42 Å². The molecule has 1 aromatic heterocycles. The van der Waals surface area contributed by atoms with Gasteiger partial charge in [0.05, 0.1) is 12.3 Å². The van der Waals surface area contributed by atoms with Gasteiger partial charge in [0, 0.05) is 49.3 Å². The predicted octanol–water partition coefficient (Wildman–Crippen LogP) is 2.74. The van der Waals surface area contributed by atoms with Gasteiger partial charge in [-0.2, -0.15) is 4.31 Å². The van der Waals surface area contributed by atoms with Gasteiger partial charge >= 0.3 is 0 Å². The van der Waals surface area contributed by atoms with E-state index in [0.29, 0.717) is 24.8 Å². The number of aliphatic hydroxyl groups is 1. The molecule has 7 nitrogen and oxygen atoms in total. The molecule has 1 fully saturated rings. The molecule has 0 saturated heterocycles. The number of rotatable bonds is 6. The molecule has 0 radical (unpaired) electrons. The van der Waals surface area contributed by atoms with Gasteiger partial charge in [0.2, 0.25) is 10.0 Å². The van der Waals surface area contributed by atoms with Crippen molar-refractivity contribution in [2.45, 2.75) is 50.3 Å². The number of likely N-dealkylation sites (N-methyl/N-ethyl adjacent to an activating group) is 1. The van der Waals surface area contributed by atoms with E-state index < -0.39 is 16.1 Å². The van der Waals surface area contributed by atoms with Gasteiger partial charge in [0.15, 0.2) is 0 Å². The van der Waals surface area contributed by atoms with Crippen LogP contribution in [0.1, 0.15) is 37.9 Å². The summed E-state index contributed by atoms with van der Waals surface area (Å²) in [6.45, 7) is 4.97. The lowest BCUT2D eigenvalue weighted by molar-refractivity contribution is 0.0730. The van der Waals surface area contributed by atoms with Crippen molar-refractivity contribution in [3.05, 3.63) is 53.9 Å². The van der Waals surface area contributed by atoms with Crippen molar-refractivity contribution in [2.75, 3.05) is 26.7 Å². The van der Waals surface area contributed by atoms with Crippen LogP contribution in [0.2, 0.25) is 0 Å². The topological polar surface area (TPSA) is 83.0 Å². The third kappa shape index (κ3) is 5.78. The summed E-state index contributed by atoms with van der Waals surface area (Å²) in [6, 6.07) is 10.4. The zero-order valence-electron chi connectivity index (χ0n) is 20.0. The maximum Gasteiger partial charge on any atom is 0.247 e. The zero-order valence-corrected chi connectivity index (χ0v) is 20.8. The lowest BCUT2D eigenvalue weighted by atomic mass is 10.0. The van der Waals surface area contributed by atoms with Gasteiger partial charge < -0.3 is 9.84 Å². The predicted molar refractivity (Wildman–Crippen MR) is 131 cm³/mol. The van der Waals surface area contributed by atoms with Crippen LogP contribution in [0.3, 0.4) is 0 Å². The van der Waals surface area contributed by atoms with Gasteiger partial charge in [0.25, 0.3) is 0 Å². The quantitative estimate of drug-likeness (QED) is 0.637. The van der Waals surface area contributed by atoms with Crippen LogP contribution >= 0.6 is 0 Å². The summed E-state index contributed by atoms with van der Waals surface area (Å²) < 4.78 is 34.9. The standard InChI is InChI=1S/C26H33N3O4S/c1-19-15-29(20(2)18-30)34(31,32)26-12-11-22(10-9-21-7-8-21)14-24(26)33-25(19)17-28(3)16-23-6-4-5-13-27-23/h4-6,11-14,19-21,25,30H,7-8,15-18H2,1-3H3/t19-,20+,25+/m1/s1. The summed E-state index contributed by atoms with van der Waals surface area (Å²) >= 11 is 0. The first-order valence-electron chi connectivity index (χ1n) is 11.8. The minimum atomic E-state index is -3.85. The summed E-state index contributed by atoms with van der Waals surface area (Å²) in [5.41, 5.74) is 1.70. The molecule has 0 unspecified atom stereocenters. The average molecular weight is 484 g/mol. The Hall–Kier alpha value is -2.44. The lowest BCUT2D eigenvalue weighted by Gasteiger charge is -2.37. The molecule has 2 heterocycles. The van der Waals surface area contributed by atoms with Crippen molar-refractivity contribution in [1.82, 2.24) is 14.2 Å². The molecule has 1 aromatic carbocycles. The second-order valence-corrected chi connectivity index (χ2v) is 11.3. The Kier molecular flexibility index (Phi) is 7.58. The molecule has 1 N–H and O–H groups in total. The Morgan fingerprint density at radius 3 is 2.76 bits per heavy atom. The Balaban J connectivity index is 1.66. The van der Waals surface area contributed by atoms with Crippen LogP contribution in [0.5, 0.6) is 5.75 Å². The number of aliphatic hydroxyl groups excluding tert-OH is 1. The summed E-state index contributed by atoms with van der Waals surface area (Å²) in [5.74, 6) is 7.06. The van der Waals surface area contributed by atoms with Gasteiger partial charge in [-0.1, -0.05) is 24.8 Å². The van der Waals surface area contributed by atoms with Crippen LogP contribution in [-0.2, 0) is 16.6 Å². The minimum absolute atomic E-state index is 0.107. The van der Waals surface area contributed by atoms with Crippen LogP contribution in [-0.4, -0.2) is 66.6 Å². The second-order valence-electron chi connectivity index (χ2n) is 9.46. The first-order valence-corrected chi connectivity index (χ1v) is 13.3. The van der Waals surface area contributed by atoms with E-state index in [1.165, 1.54) is 4.31 Å². The number of ether oxygens (including phenoxy) is 1. The minimum Gasteiger partial charge on any atom is -0.487 e. The first-order chi connectivity index (χ1) is 16.3. The number of nitrogens with zero attached hydrogens (tertiary/aromatic N) is 3. The van der Waals surface area contributed by atoms with Crippen LogP contribution in [0.4, 0.5) is 0 Å². The number of hydrogen-bond acceptors (Lipinski definition) is 6. The molecule has 0 spiro atoms. The van der Waals surface area contributed by atoms with Gasteiger partial charge in [0.1, 0.15) is 16.7 Å². The number of sulfonamides is 1. The smallest absolute Gasteiger partial charge is 0.247 e. The molecule has 1 aliphatic carbocycles. The van der Waals surface area contributed by atoms with Crippen molar-refractivity contribution < 1.29 is 18.3 Å². The fraction of sp³-hybridized carbons (Fsp3) is 0.500. The number of aromatic nitrogens is 1. The molecule has 0 amide bonds. The van der Waals surface area contributed by atoms with Crippen LogP contribution in [0, 0.1) is 23.7 Å². The van der Waals surface area contributed by atoms with E-state index in [4.69, 9.17) is 4.74 Å². The van der Waals surface area contributed by atoms with E-state index in [0.717, 1.165) is 24.1 Å². The van der Waals surface area contributed by atoms with E-state index in [1.54, 1.807) is 31.3 Å². The van der Waals surface area contributed by atoms with Gasteiger partial charge in [-0.05, 0) is 57.1 Å². The summed E-state index contributed by atoms with van der Waals surface area (Å²) in [7, 11) is -1.84. The molecule has 1 aliphatic heterocycles. The van der Waals surface area contributed by atoms with Crippen molar-refractivity contribution in [1.29, 1.82) is 0 Å². The highest BCUT2D eigenvalue weighted by Gasteiger charge is 2.38. The highest BCUT2D eigenvalue weighted by molar-refractivity contribution is 7.89. The number of fused-ring (bicyclic) bond motifs is 1. The fourth-order valence-electron chi connectivity index (χ4n) is 4.07. The van der Waals surface area contributed by atoms with Gasteiger partial charge in [-0.3, -0.25) is 9.88 Å². The fourth-order valence-corrected chi connectivity index (χ4v) is 5.90. The summed E-state index contributed by atoms with van der Waals surface area (Å²) in [6.07, 6.45) is 3.76. The third-order valence-electron chi connectivity index (χ3n) is 6.31. The van der Waals surface area contributed by atoms with Crippen LogP contribution in [0.25, 0.3) is 0 Å². The molecule has 0 bridgehead atoms. The normalized spacial score (nSPS) is 23.1. The maximum atomic E-state index is 13.6. The SMILES string of the molecule is C[C@@H]1CN([C@@H](C)CO)S(=O)(=O)c2ccc(C#CC3CC3)cc2O[C@H]1CN(C)Cc1ccccn1. The molecular formula is C26H33N3O4S. The zero-order chi connectivity index (χ0) is 24.3. The van der Waals surface area contributed by atoms with Crippen molar-refractivity contribution in [2.24, 2.45) is 11.8 Å². The van der Waals surface area contributed by atoms with Crippen LogP contribution < -0.4 is 4.74 Å². The Morgan fingerprint density at radius 1 is 1.29 bits per heavy atom. The molecule has 182 valence electrons. The van der Waals surface area contributed by atoms with Crippen molar-refractivity contribution >= 4 is 10.0 Å². The molecule has 34 heavy (non-hydrogen) atoms. The molecule has 2 aliphatic rings. The van der Waals surface area contributed by atoms with E-state index >= 15 is 0 Å². The Labute approximate surface area is 202 Å². The monoisotopic (exact) mass is 483 g/mol. The molecule has 2 aromatic rings. The summed E-state index contributed by atoms with van der Waals surface area (Å²) in [5, 5.41) is 9.79. The highest BCUT2D eigenvalue weighted by atomic mass is 32.2. The Morgan fingerprint density at radius 2 is 2.09 bits per heavy atom. The van der Waals surface area contributed by atoms with E-state index in [1.807, 2.05) is 32.2 Å².